The van der Waals surface area contributed by atoms with Crippen LogP contribution in [0.25, 0.3) is 0 Å². The van der Waals surface area contributed by atoms with Gasteiger partial charge in [0.1, 0.15) is 12.1 Å². The zero-order valence-corrected chi connectivity index (χ0v) is 13.1. The lowest BCUT2D eigenvalue weighted by Crippen LogP contribution is -2.64. The van der Waals surface area contributed by atoms with E-state index in [1.165, 1.54) is 34.6 Å². The third kappa shape index (κ3) is 2.84. The topological polar surface area (TPSA) is 133 Å². The smallest absolute Gasteiger partial charge is 0.269 e. The highest BCUT2D eigenvalue weighted by atomic mass is 16.6. The number of non-ortho nitro benzene ring substituents is 1. The fraction of sp³-hybridized carbons (Fsp3) is 0.357. The van der Waals surface area contributed by atoms with Crippen LogP contribution in [0.5, 0.6) is 0 Å². The maximum Gasteiger partial charge on any atom is 0.269 e. The van der Waals surface area contributed by atoms with Gasteiger partial charge in [0.25, 0.3) is 17.5 Å². The lowest BCUT2D eigenvalue weighted by atomic mass is 9.86. The van der Waals surface area contributed by atoms with Crippen LogP contribution in [-0.2, 0) is 19.9 Å². The summed E-state index contributed by atoms with van der Waals surface area (Å²) in [6.07, 6.45) is 0. The standard InChI is InChI=1S/C14H16N4O6/c1-14(9-3-5-10(6-4-9)18(23)24)13(21)17(7-11(19)15-22)12(20)8-16(14)2/h3-6,22H,7-8H2,1-2H3,(H,15,19). The monoisotopic (exact) mass is 336 g/mol. The molecule has 1 aliphatic heterocycles. The number of carbonyl (C=O) groups excluding carboxylic acids is 3. The molecule has 3 amide bonds. The van der Waals surface area contributed by atoms with E-state index in [-0.39, 0.29) is 12.2 Å². The summed E-state index contributed by atoms with van der Waals surface area (Å²) < 4.78 is 0. The minimum atomic E-state index is -1.28. The van der Waals surface area contributed by atoms with E-state index in [1.807, 2.05) is 0 Å². The summed E-state index contributed by atoms with van der Waals surface area (Å²) in [5.74, 6) is -2.13. The molecule has 10 nitrogen and oxygen atoms in total. The van der Waals surface area contributed by atoms with Gasteiger partial charge in [0.2, 0.25) is 5.91 Å². The van der Waals surface area contributed by atoms with Gasteiger partial charge in [0, 0.05) is 12.1 Å². The molecule has 128 valence electrons. The van der Waals surface area contributed by atoms with Crippen LogP contribution in [0.1, 0.15) is 12.5 Å². The van der Waals surface area contributed by atoms with Gasteiger partial charge in [-0.15, -0.1) is 0 Å². The highest BCUT2D eigenvalue weighted by Crippen LogP contribution is 2.33. The number of nitro benzene ring substituents is 1. The van der Waals surface area contributed by atoms with Crippen molar-refractivity contribution in [3.05, 3.63) is 39.9 Å². The minimum Gasteiger partial charge on any atom is -0.289 e. The Morgan fingerprint density at radius 1 is 1.38 bits per heavy atom. The average molecular weight is 336 g/mol. The Hall–Kier alpha value is -2.85. The lowest BCUT2D eigenvalue weighted by molar-refractivity contribution is -0.384. The molecule has 10 heteroatoms. The Balaban J connectivity index is 2.41. The van der Waals surface area contributed by atoms with Crippen molar-refractivity contribution in [3.63, 3.8) is 0 Å². The third-order valence-corrected chi connectivity index (χ3v) is 4.17. The van der Waals surface area contributed by atoms with Crippen LogP contribution in [0.2, 0.25) is 0 Å². The summed E-state index contributed by atoms with van der Waals surface area (Å²) in [6.45, 7) is 0.829. The summed E-state index contributed by atoms with van der Waals surface area (Å²) in [5.41, 5.74) is 0.422. The number of hydrogen-bond acceptors (Lipinski definition) is 7. The Morgan fingerprint density at radius 2 is 1.96 bits per heavy atom. The van der Waals surface area contributed by atoms with Gasteiger partial charge in [-0.25, -0.2) is 5.48 Å². The molecular weight excluding hydrogens is 320 g/mol. The average Bonchev–Trinajstić information content (AvgIpc) is 2.56. The van der Waals surface area contributed by atoms with Gasteiger partial charge in [-0.3, -0.25) is 39.5 Å². The van der Waals surface area contributed by atoms with Crippen LogP contribution < -0.4 is 5.48 Å². The molecule has 0 aromatic heterocycles. The highest BCUT2D eigenvalue weighted by molar-refractivity contribution is 6.05. The summed E-state index contributed by atoms with van der Waals surface area (Å²) in [4.78, 5) is 48.6. The van der Waals surface area contributed by atoms with Crippen molar-refractivity contribution in [2.24, 2.45) is 0 Å². The molecule has 1 aromatic rings. The van der Waals surface area contributed by atoms with Gasteiger partial charge in [-0.2, -0.15) is 0 Å². The van der Waals surface area contributed by atoms with E-state index in [2.05, 4.69) is 0 Å². The molecule has 24 heavy (non-hydrogen) atoms. The van der Waals surface area contributed by atoms with Crippen molar-refractivity contribution in [2.75, 3.05) is 20.1 Å². The van der Waals surface area contributed by atoms with E-state index in [0.29, 0.717) is 5.56 Å². The summed E-state index contributed by atoms with van der Waals surface area (Å²) in [5, 5.41) is 19.4. The second-order valence-corrected chi connectivity index (χ2v) is 5.55. The van der Waals surface area contributed by atoms with Crippen LogP contribution in [-0.4, -0.2) is 57.8 Å². The van der Waals surface area contributed by atoms with Gasteiger partial charge >= 0.3 is 0 Å². The van der Waals surface area contributed by atoms with Crippen molar-refractivity contribution < 1.29 is 24.5 Å². The van der Waals surface area contributed by atoms with Crippen molar-refractivity contribution in [1.29, 1.82) is 0 Å². The Kier molecular flexibility index (Phi) is 4.62. The van der Waals surface area contributed by atoms with E-state index >= 15 is 0 Å². The van der Waals surface area contributed by atoms with Gasteiger partial charge < -0.3 is 0 Å². The molecule has 0 spiro atoms. The van der Waals surface area contributed by atoms with Crippen LogP contribution in [0.15, 0.2) is 24.3 Å². The Bertz CT molecular complexity index is 704. The number of piperazine rings is 1. The fourth-order valence-corrected chi connectivity index (χ4v) is 2.58. The number of hydroxylamine groups is 1. The minimum absolute atomic E-state index is 0.124. The molecule has 1 aliphatic rings. The maximum absolute atomic E-state index is 12.8. The predicted molar refractivity (Wildman–Crippen MR) is 79.7 cm³/mol. The number of carbonyl (C=O) groups is 3. The maximum atomic E-state index is 12.8. The highest BCUT2D eigenvalue weighted by Gasteiger charge is 2.49. The summed E-state index contributed by atoms with van der Waals surface area (Å²) >= 11 is 0. The van der Waals surface area contributed by atoms with Crippen molar-refractivity contribution in [2.45, 2.75) is 12.5 Å². The number of nitrogens with one attached hydrogen (secondary N) is 1. The van der Waals surface area contributed by atoms with Gasteiger partial charge in [0.05, 0.1) is 11.5 Å². The van der Waals surface area contributed by atoms with Crippen LogP contribution in [0, 0.1) is 10.1 Å². The van der Waals surface area contributed by atoms with Crippen LogP contribution in [0.4, 0.5) is 5.69 Å². The zero-order chi connectivity index (χ0) is 18.1. The lowest BCUT2D eigenvalue weighted by Gasteiger charge is -2.44. The van der Waals surface area contributed by atoms with Gasteiger partial charge in [-0.1, -0.05) is 0 Å². The number of amides is 3. The molecule has 1 aromatic carbocycles. The number of likely N-dealkylation sites (N-methyl/N-ethyl adjacent to an activating group) is 1. The normalized spacial score (nSPS) is 21.7. The molecule has 1 heterocycles. The van der Waals surface area contributed by atoms with E-state index < -0.39 is 34.7 Å². The quantitative estimate of drug-likeness (QED) is 0.331. The summed E-state index contributed by atoms with van der Waals surface area (Å²) in [6, 6.07) is 5.41. The van der Waals surface area contributed by atoms with E-state index in [9.17, 15) is 24.5 Å². The first kappa shape index (κ1) is 17.5. The number of imide groups is 1. The van der Waals surface area contributed by atoms with Crippen molar-refractivity contribution in [1.82, 2.24) is 15.3 Å². The second kappa shape index (κ2) is 6.34. The number of hydrogen-bond donors (Lipinski definition) is 2. The number of rotatable bonds is 4. The predicted octanol–water partition coefficient (Wildman–Crippen LogP) is -0.384. The first-order valence-corrected chi connectivity index (χ1v) is 6.95. The van der Waals surface area contributed by atoms with Crippen molar-refractivity contribution in [3.8, 4) is 0 Å². The van der Waals surface area contributed by atoms with Crippen molar-refractivity contribution >= 4 is 23.4 Å². The molecule has 1 saturated heterocycles. The largest absolute Gasteiger partial charge is 0.289 e. The Labute approximate surface area is 136 Å². The van der Waals surface area contributed by atoms with Gasteiger partial charge in [-0.05, 0) is 31.7 Å². The molecule has 0 aliphatic carbocycles. The molecule has 0 saturated carbocycles. The third-order valence-electron chi connectivity index (χ3n) is 4.17. The molecule has 0 bridgehead atoms. The first-order chi connectivity index (χ1) is 11.2. The molecule has 1 unspecified atom stereocenters. The Morgan fingerprint density at radius 3 is 2.46 bits per heavy atom. The van der Waals surface area contributed by atoms with Crippen LogP contribution in [0.3, 0.4) is 0 Å². The fourth-order valence-electron chi connectivity index (χ4n) is 2.58. The van der Waals surface area contributed by atoms with Crippen LogP contribution >= 0.6 is 0 Å². The van der Waals surface area contributed by atoms with E-state index in [4.69, 9.17) is 5.21 Å². The zero-order valence-electron chi connectivity index (χ0n) is 13.1. The molecule has 1 fully saturated rings. The molecule has 0 radical (unpaired) electrons. The first-order valence-electron chi connectivity index (χ1n) is 6.95. The number of benzene rings is 1. The number of nitro groups is 1. The second-order valence-electron chi connectivity index (χ2n) is 5.55. The molecule has 2 rings (SSSR count). The number of nitrogens with zero attached hydrogens (tertiary/aromatic N) is 3. The van der Waals surface area contributed by atoms with E-state index in [0.717, 1.165) is 4.90 Å². The SMILES string of the molecule is CN1CC(=O)N(CC(=O)NO)C(=O)C1(C)c1ccc([N+](=O)[O-])cc1. The summed E-state index contributed by atoms with van der Waals surface area (Å²) in [7, 11) is 1.57. The molecule has 2 N–H and O–H groups in total. The molecule has 1 atom stereocenters. The van der Waals surface area contributed by atoms with Gasteiger partial charge in [0.15, 0.2) is 0 Å². The van der Waals surface area contributed by atoms with E-state index in [1.54, 1.807) is 14.0 Å². The molecular formula is C14H16N4O6.